The van der Waals surface area contributed by atoms with Crippen molar-refractivity contribution in [1.29, 1.82) is 0 Å². The molecule has 4 N–H and O–H groups in total. The molecule has 0 aliphatic heterocycles. The molecule has 29 heavy (non-hydrogen) atoms. The minimum Gasteiger partial charge on any atom is -0.480 e. The summed E-state index contributed by atoms with van der Waals surface area (Å²) in [5, 5.41) is 29.4. The average molecular weight is 397 g/mol. The molecule has 0 heterocycles. The van der Waals surface area contributed by atoms with Crippen LogP contribution in [-0.4, -0.2) is 47.0 Å². The predicted molar refractivity (Wildman–Crippen MR) is 108 cm³/mol. The fourth-order valence-corrected chi connectivity index (χ4v) is 3.72. The highest BCUT2D eigenvalue weighted by molar-refractivity contribution is 6.40. The Morgan fingerprint density at radius 3 is 2.14 bits per heavy atom. The summed E-state index contributed by atoms with van der Waals surface area (Å²) in [6.07, 6.45) is 0.469. The number of benzene rings is 2. The summed E-state index contributed by atoms with van der Waals surface area (Å²) in [6.45, 7) is 0.114. The third-order valence-electron chi connectivity index (χ3n) is 5.14. The van der Waals surface area contributed by atoms with Crippen molar-refractivity contribution in [3.63, 3.8) is 0 Å². The third kappa shape index (κ3) is 5.16. The SMILES string of the molecule is O=C(N[C@@H](CCCCB(O)O)C(=O)O)OCC1c2ccccc2-c2ccccc21. The van der Waals surface area contributed by atoms with Crippen molar-refractivity contribution >= 4 is 19.2 Å². The standard InChI is InChI=1S/C21H24BNO6/c24-20(25)19(11-5-6-12-22(27)28)23-21(26)29-13-18-16-9-3-1-7-14(16)15-8-2-4-10-17(15)18/h1-4,7-10,18-19,27-28H,5-6,11-13H2,(H,23,26)(H,24,25)/t19-/m0/s1. The fourth-order valence-electron chi connectivity index (χ4n) is 3.72. The topological polar surface area (TPSA) is 116 Å². The van der Waals surface area contributed by atoms with Crippen LogP contribution in [0.5, 0.6) is 0 Å². The first kappa shape index (κ1) is 20.9. The maximum atomic E-state index is 12.2. The van der Waals surface area contributed by atoms with Crippen LogP contribution in [0, 0.1) is 0 Å². The van der Waals surface area contributed by atoms with E-state index >= 15 is 0 Å². The van der Waals surface area contributed by atoms with Crippen molar-refractivity contribution in [2.75, 3.05) is 6.61 Å². The third-order valence-corrected chi connectivity index (χ3v) is 5.14. The lowest BCUT2D eigenvalue weighted by Gasteiger charge is -2.17. The van der Waals surface area contributed by atoms with Crippen molar-refractivity contribution < 1.29 is 29.5 Å². The second-order valence-corrected chi connectivity index (χ2v) is 7.13. The van der Waals surface area contributed by atoms with E-state index in [9.17, 15) is 14.7 Å². The van der Waals surface area contributed by atoms with Gasteiger partial charge < -0.3 is 25.2 Å². The Hall–Kier alpha value is -2.84. The molecule has 0 fully saturated rings. The molecule has 1 atom stereocenters. The lowest BCUT2D eigenvalue weighted by Crippen LogP contribution is -2.41. The van der Waals surface area contributed by atoms with Crippen LogP contribution in [0.15, 0.2) is 48.5 Å². The van der Waals surface area contributed by atoms with Crippen LogP contribution in [0.4, 0.5) is 4.79 Å². The van der Waals surface area contributed by atoms with E-state index in [1.807, 2.05) is 48.5 Å². The number of rotatable bonds is 9. The van der Waals surface area contributed by atoms with Gasteiger partial charge >= 0.3 is 19.2 Å². The fraction of sp³-hybridized carbons (Fsp3) is 0.333. The first-order valence-electron chi connectivity index (χ1n) is 9.68. The first-order valence-corrected chi connectivity index (χ1v) is 9.68. The van der Waals surface area contributed by atoms with Crippen molar-refractivity contribution in [2.45, 2.75) is 37.5 Å². The number of aliphatic carboxylic acids is 1. The molecule has 0 radical (unpaired) electrons. The van der Waals surface area contributed by atoms with Crippen LogP contribution >= 0.6 is 0 Å². The molecule has 0 saturated carbocycles. The maximum Gasteiger partial charge on any atom is 0.451 e. The highest BCUT2D eigenvalue weighted by Crippen LogP contribution is 2.44. The van der Waals surface area contributed by atoms with E-state index in [2.05, 4.69) is 5.32 Å². The predicted octanol–water partition coefficient (Wildman–Crippen LogP) is 2.62. The molecular formula is C21H24BNO6. The summed E-state index contributed by atoms with van der Waals surface area (Å²) in [6, 6.07) is 14.9. The van der Waals surface area contributed by atoms with Gasteiger partial charge in [-0.1, -0.05) is 61.4 Å². The molecule has 8 heteroatoms. The normalized spacial score (nSPS) is 13.3. The maximum absolute atomic E-state index is 12.2. The zero-order valence-corrected chi connectivity index (χ0v) is 16.0. The molecule has 0 unspecified atom stereocenters. The summed E-state index contributed by atoms with van der Waals surface area (Å²) in [4.78, 5) is 23.6. The molecule has 152 valence electrons. The van der Waals surface area contributed by atoms with Crippen LogP contribution in [0.1, 0.15) is 36.3 Å². The van der Waals surface area contributed by atoms with Gasteiger partial charge in [-0.2, -0.15) is 0 Å². The highest BCUT2D eigenvalue weighted by atomic mass is 16.5. The molecule has 1 aliphatic carbocycles. The Morgan fingerprint density at radius 1 is 1.00 bits per heavy atom. The highest BCUT2D eigenvalue weighted by Gasteiger charge is 2.29. The number of ether oxygens (including phenoxy) is 1. The van der Waals surface area contributed by atoms with E-state index in [1.165, 1.54) is 0 Å². The van der Waals surface area contributed by atoms with Gasteiger partial charge in [0.25, 0.3) is 0 Å². The molecule has 0 aromatic heterocycles. The molecular weight excluding hydrogens is 373 g/mol. The molecule has 1 amide bonds. The van der Waals surface area contributed by atoms with Gasteiger partial charge in [0.15, 0.2) is 0 Å². The largest absolute Gasteiger partial charge is 0.480 e. The van der Waals surface area contributed by atoms with Crippen molar-refractivity contribution in [3.8, 4) is 11.1 Å². The summed E-state index contributed by atoms with van der Waals surface area (Å²) >= 11 is 0. The molecule has 2 aromatic rings. The number of hydrogen-bond donors (Lipinski definition) is 4. The molecule has 0 bridgehead atoms. The second-order valence-electron chi connectivity index (χ2n) is 7.13. The Labute approximate surface area is 169 Å². The number of unbranched alkanes of at least 4 members (excludes halogenated alkanes) is 1. The number of carbonyl (C=O) groups is 2. The van der Waals surface area contributed by atoms with Gasteiger partial charge in [-0.05, 0) is 35.0 Å². The number of carboxylic acid groups (broad SMARTS) is 1. The van der Waals surface area contributed by atoms with Crippen LogP contribution in [0.3, 0.4) is 0 Å². The lowest BCUT2D eigenvalue weighted by atomic mass is 9.83. The zero-order valence-electron chi connectivity index (χ0n) is 16.0. The van der Waals surface area contributed by atoms with Gasteiger partial charge in [0, 0.05) is 5.92 Å². The summed E-state index contributed by atoms with van der Waals surface area (Å²) < 4.78 is 5.37. The van der Waals surface area contributed by atoms with Crippen LogP contribution in [0.25, 0.3) is 11.1 Å². The number of carbonyl (C=O) groups excluding carboxylic acids is 1. The van der Waals surface area contributed by atoms with Gasteiger partial charge in [-0.25, -0.2) is 9.59 Å². The van der Waals surface area contributed by atoms with Crippen molar-refractivity contribution in [1.82, 2.24) is 5.32 Å². The Balaban J connectivity index is 1.58. The number of nitrogens with one attached hydrogen (secondary N) is 1. The lowest BCUT2D eigenvalue weighted by molar-refractivity contribution is -0.139. The van der Waals surface area contributed by atoms with Crippen LogP contribution in [-0.2, 0) is 9.53 Å². The van der Waals surface area contributed by atoms with Crippen molar-refractivity contribution in [3.05, 3.63) is 59.7 Å². The van der Waals surface area contributed by atoms with E-state index in [1.54, 1.807) is 0 Å². The van der Waals surface area contributed by atoms with E-state index < -0.39 is 25.2 Å². The van der Waals surface area contributed by atoms with E-state index in [-0.39, 0.29) is 25.3 Å². The number of hydrogen-bond acceptors (Lipinski definition) is 5. The number of fused-ring (bicyclic) bond motifs is 3. The quantitative estimate of drug-likeness (QED) is 0.382. The van der Waals surface area contributed by atoms with E-state index in [4.69, 9.17) is 14.8 Å². The minimum atomic E-state index is -1.41. The van der Waals surface area contributed by atoms with Gasteiger partial charge in [-0.3, -0.25) is 0 Å². The number of carboxylic acids is 1. The molecule has 2 aromatic carbocycles. The molecule has 3 rings (SSSR count). The number of alkyl carbamates (subject to hydrolysis) is 1. The number of amides is 1. The van der Waals surface area contributed by atoms with Crippen LogP contribution in [0.2, 0.25) is 6.32 Å². The van der Waals surface area contributed by atoms with Crippen molar-refractivity contribution in [2.24, 2.45) is 0 Å². The van der Waals surface area contributed by atoms with Gasteiger partial charge in [0.1, 0.15) is 12.6 Å². The summed E-state index contributed by atoms with van der Waals surface area (Å²) in [5.74, 6) is -1.24. The first-order chi connectivity index (χ1) is 14.0. The smallest absolute Gasteiger partial charge is 0.451 e. The average Bonchev–Trinajstić information content (AvgIpc) is 3.02. The Morgan fingerprint density at radius 2 is 1.59 bits per heavy atom. The minimum absolute atomic E-state index is 0.0949. The van der Waals surface area contributed by atoms with E-state index in [0.717, 1.165) is 22.3 Å². The zero-order chi connectivity index (χ0) is 20.8. The van der Waals surface area contributed by atoms with Crippen LogP contribution < -0.4 is 5.32 Å². The second kappa shape index (κ2) is 9.58. The van der Waals surface area contributed by atoms with Gasteiger partial charge in [0.05, 0.1) is 0 Å². The molecule has 0 spiro atoms. The Kier molecular flexibility index (Phi) is 6.90. The van der Waals surface area contributed by atoms with E-state index in [0.29, 0.717) is 12.8 Å². The Bertz CT molecular complexity index is 826. The van der Waals surface area contributed by atoms with Gasteiger partial charge in [-0.15, -0.1) is 0 Å². The summed E-state index contributed by atoms with van der Waals surface area (Å²) in [5.41, 5.74) is 4.40. The molecule has 1 aliphatic rings. The molecule has 0 saturated heterocycles. The monoisotopic (exact) mass is 397 g/mol. The molecule has 7 nitrogen and oxygen atoms in total. The summed E-state index contributed by atoms with van der Waals surface area (Å²) in [7, 11) is -1.41. The van der Waals surface area contributed by atoms with Gasteiger partial charge in [0.2, 0.25) is 0 Å².